The average Bonchev–Trinajstić information content (AvgIpc) is 2.42. The Labute approximate surface area is 111 Å². The fourth-order valence-corrected chi connectivity index (χ4v) is 2.68. The topological polar surface area (TPSA) is 41.6 Å². The maximum absolute atomic E-state index is 11.8. The molecule has 1 N–H and O–H groups in total. The molecule has 0 aliphatic carbocycles. The van der Waals surface area contributed by atoms with Gasteiger partial charge in [-0.3, -0.25) is 9.69 Å². The van der Waals surface area contributed by atoms with E-state index in [1.54, 1.807) is 0 Å². The molecular weight excluding hydrogens is 228 g/mol. The van der Waals surface area contributed by atoms with Crippen molar-refractivity contribution in [1.29, 1.82) is 0 Å². The van der Waals surface area contributed by atoms with Crippen LogP contribution in [0.25, 0.3) is 0 Å². The lowest BCUT2D eigenvalue weighted by molar-refractivity contribution is -0.144. The van der Waals surface area contributed by atoms with Crippen LogP contribution in [0.5, 0.6) is 0 Å². The molecule has 4 heteroatoms. The van der Waals surface area contributed by atoms with E-state index in [9.17, 15) is 4.79 Å². The van der Waals surface area contributed by atoms with Crippen molar-refractivity contribution >= 4 is 5.97 Å². The molecule has 0 aromatic rings. The monoisotopic (exact) mass is 256 g/mol. The first-order valence-electron chi connectivity index (χ1n) is 7.28. The van der Waals surface area contributed by atoms with Crippen molar-refractivity contribution in [3.8, 4) is 0 Å². The Morgan fingerprint density at radius 3 is 2.83 bits per heavy atom. The molecule has 2 unspecified atom stereocenters. The van der Waals surface area contributed by atoms with Crippen LogP contribution in [0.1, 0.15) is 46.0 Å². The number of rotatable bonds is 7. The molecule has 1 fully saturated rings. The third-order valence-corrected chi connectivity index (χ3v) is 3.76. The van der Waals surface area contributed by atoms with Crippen molar-refractivity contribution in [2.75, 3.05) is 26.7 Å². The molecule has 0 saturated carbocycles. The predicted molar refractivity (Wildman–Crippen MR) is 73.6 cm³/mol. The Bertz CT molecular complexity index is 246. The number of ether oxygens (including phenoxy) is 1. The molecule has 0 bridgehead atoms. The van der Waals surface area contributed by atoms with Crippen LogP contribution in [0.4, 0.5) is 0 Å². The number of piperidine rings is 1. The minimum atomic E-state index is -0.179. The van der Waals surface area contributed by atoms with Crippen LogP contribution >= 0.6 is 0 Å². The number of likely N-dealkylation sites (tertiary alicyclic amines) is 1. The first-order valence-corrected chi connectivity index (χ1v) is 7.28. The minimum absolute atomic E-state index is 0.135. The summed E-state index contributed by atoms with van der Waals surface area (Å²) < 4.78 is 4.89. The smallest absolute Gasteiger partial charge is 0.324 e. The van der Waals surface area contributed by atoms with E-state index in [1.807, 2.05) is 0 Å². The maximum atomic E-state index is 11.8. The number of methoxy groups -OCH3 is 1. The van der Waals surface area contributed by atoms with Gasteiger partial charge in [0, 0.05) is 12.6 Å². The van der Waals surface area contributed by atoms with Gasteiger partial charge in [-0.15, -0.1) is 0 Å². The van der Waals surface area contributed by atoms with E-state index in [0.29, 0.717) is 6.04 Å². The number of carbonyl (C=O) groups is 1. The maximum Gasteiger partial charge on any atom is 0.324 e. The molecule has 2 atom stereocenters. The lowest BCUT2D eigenvalue weighted by atomic mass is 9.99. The standard InChI is InChI=1S/C14H28N2O2/c1-4-9-15-13(14(17)18-3)11-16-10-7-6-8-12(16)5-2/h12-13,15H,4-11H2,1-3H3. The fraction of sp³-hybridized carbons (Fsp3) is 0.929. The number of esters is 1. The zero-order valence-corrected chi connectivity index (χ0v) is 12.1. The Morgan fingerprint density at radius 1 is 1.44 bits per heavy atom. The van der Waals surface area contributed by atoms with Gasteiger partial charge in [-0.1, -0.05) is 20.3 Å². The highest BCUT2D eigenvalue weighted by Crippen LogP contribution is 2.19. The van der Waals surface area contributed by atoms with Crippen LogP contribution in [-0.4, -0.2) is 49.7 Å². The van der Waals surface area contributed by atoms with Gasteiger partial charge in [0.05, 0.1) is 7.11 Å². The largest absolute Gasteiger partial charge is 0.468 e. The van der Waals surface area contributed by atoms with Crippen molar-refractivity contribution < 1.29 is 9.53 Å². The lowest BCUT2D eigenvalue weighted by Crippen LogP contribution is -2.51. The average molecular weight is 256 g/mol. The molecule has 106 valence electrons. The lowest BCUT2D eigenvalue weighted by Gasteiger charge is -2.37. The van der Waals surface area contributed by atoms with Gasteiger partial charge >= 0.3 is 5.97 Å². The third kappa shape index (κ3) is 4.58. The molecule has 1 aliphatic rings. The molecular formula is C14H28N2O2. The molecule has 0 aromatic carbocycles. The molecule has 0 spiro atoms. The van der Waals surface area contributed by atoms with E-state index >= 15 is 0 Å². The second kappa shape index (κ2) is 8.48. The quantitative estimate of drug-likeness (QED) is 0.705. The van der Waals surface area contributed by atoms with Gasteiger partial charge in [0.1, 0.15) is 6.04 Å². The summed E-state index contributed by atoms with van der Waals surface area (Å²) in [6.07, 6.45) is 6.03. The molecule has 1 rings (SSSR count). The summed E-state index contributed by atoms with van der Waals surface area (Å²) in [4.78, 5) is 14.2. The number of hydrogen-bond donors (Lipinski definition) is 1. The van der Waals surface area contributed by atoms with Crippen LogP contribution in [0.3, 0.4) is 0 Å². The highest BCUT2D eigenvalue weighted by atomic mass is 16.5. The highest BCUT2D eigenvalue weighted by Gasteiger charge is 2.27. The Balaban J connectivity index is 2.54. The summed E-state index contributed by atoms with van der Waals surface area (Å²) in [7, 11) is 1.47. The minimum Gasteiger partial charge on any atom is -0.468 e. The third-order valence-electron chi connectivity index (χ3n) is 3.76. The van der Waals surface area contributed by atoms with Crippen molar-refractivity contribution in [1.82, 2.24) is 10.2 Å². The van der Waals surface area contributed by atoms with Gasteiger partial charge in [-0.05, 0) is 38.8 Å². The molecule has 1 heterocycles. The second-order valence-electron chi connectivity index (χ2n) is 5.08. The zero-order valence-electron chi connectivity index (χ0n) is 12.1. The normalized spacial score (nSPS) is 22.7. The molecule has 18 heavy (non-hydrogen) atoms. The van der Waals surface area contributed by atoms with Crippen molar-refractivity contribution in [3.05, 3.63) is 0 Å². The van der Waals surface area contributed by atoms with Gasteiger partial charge in [-0.2, -0.15) is 0 Å². The Hall–Kier alpha value is -0.610. The summed E-state index contributed by atoms with van der Waals surface area (Å²) in [6, 6.07) is 0.455. The van der Waals surface area contributed by atoms with E-state index in [1.165, 1.54) is 32.8 Å². The summed E-state index contributed by atoms with van der Waals surface area (Å²) in [5.74, 6) is -0.135. The van der Waals surface area contributed by atoms with Gasteiger partial charge in [0.2, 0.25) is 0 Å². The molecule has 0 aromatic heterocycles. The summed E-state index contributed by atoms with van der Waals surface area (Å²) in [6.45, 7) is 7.10. The van der Waals surface area contributed by atoms with E-state index in [4.69, 9.17) is 4.74 Å². The van der Waals surface area contributed by atoms with Crippen LogP contribution in [0, 0.1) is 0 Å². The van der Waals surface area contributed by atoms with Crippen LogP contribution in [-0.2, 0) is 9.53 Å². The number of nitrogens with one attached hydrogen (secondary N) is 1. The zero-order chi connectivity index (χ0) is 13.4. The second-order valence-corrected chi connectivity index (χ2v) is 5.08. The van der Waals surface area contributed by atoms with Crippen molar-refractivity contribution in [2.45, 2.75) is 58.0 Å². The summed E-state index contributed by atoms with van der Waals surface area (Å²) >= 11 is 0. The fourth-order valence-electron chi connectivity index (χ4n) is 2.68. The molecule has 1 saturated heterocycles. The Morgan fingerprint density at radius 2 is 2.22 bits per heavy atom. The van der Waals surface area contributed by atoms with Gasteiger partial charge < -0.3 is 10.1 Å². The highest BCUT2D eigenvalue weighted by molar-refractivity contribution is 5.75. The Kier molecular flexibility index (Phi) is 7.28. The van der Waals surface area contributed by atoms with Gasteiger partial charge in [-0.25, -0.2) is 0 Å². The molecule has 1 aliphatic heterocycles. The predicted octanol–water partition coefficient (Wildman–Crippen LogP) is 1.79. The van der Waals surface area contributed by atoms with Crippen LogP contribution in [0.15, 0.2) is 0 Å². The van der Waals surface area contributed by atoms with E-state index in [-0.39, 0.29) is 12.0 Å². The van der Waals surface area contributed by atoms with E-state index in [0.717, 1.165) is 26.1 Å². The molecule has 4 nitrogen and oxygen atoms in total. The SMILES string of the molecule is CCCNC(CN1CCCCC1CC)C(=O)OC. The first kappa shape index (κ1) is 15.4. The van der Waals surface area contributed by atoms with Gasteiger partial charge in [0.15, 0.2) is 0 Å². The van der Waals surface area contributed by atoms with E-state index < -0.39 is 0 Å². The van der Waals surface area contributed by atoms with Crippen LogP contribution < -0.4 is 5.32 Å². The molecule has 0 amide bonds. The number of nitrogens with zero attached hydrogens (tertiary/aromatic N) is 1. The van der Waals surface area contributed by atoms with Crippen molar-refractivity contribution in [2.24, 2.45) is 0 Å². The summed E-state index contributed by atoms with van der Waals surface area (Å²) in [5, 5.41) is 3.30. The summed E-state index contributed by atoms with van der Waals surface area (Å²) in [5.41, 5.74) is 0. The molecule has 0 radical (unpaired) electrons. The number of hydrogen-bond acceptors (Lipinski definition) is 4. The van der Waals surface area contributed by atoms with Gasteiger partial charge in [0.25, 0.3) is 0 Å². The van der Waals surface area contributed by atoms with Crippen molar-refractivity contribution in [3.63, 3.8) is 0 Å². The van der Waals surface area contributed by atoms with Crippen LogP contribution in [0.2, 0.25) is 0 Å². The first-order chi connectivity index (χ1) is 8.72. The number of carbonyl (C=O) groups excluding carboxylic acids is 1. The van der Waals surface area contributed by atoms with E-state index in [2.05, 4.69) is 24.1 Å².